The first kappa shape index (κ1) is 21.4. The maximum atomic E-state index is 13.1. The second kappa shape index (κ2) is 8.01. The molecule has 0 radical (unpaired) electrons. The van der Waals surface area contributed by atoms with E-state index in [1.807, 2.05) is 30.3 Å². The van der Waals surface area contributed by atoms with Gasteiger partial charge in [-0.25, -0.2) is 0 Å². The van der Waals surface area contributed by atoms with Crippen LogP contribution in [0.5, 0.6) is 0 Å². The van der Waals surface area contributed by atoms with Gasteiger partial charge in [-0.05, 0) is 47.5 Å². The summed E-state index contributed by atoms with van der Waals surface area (Å²) in [5, 5.41) is 4.90. The summed E-state index contributed by atoms with van der Waals surface area (Å²) in [6.45, 7) is 0.0331. The van der Waals surface area contributed by atoms with E-state index >= 15 is 0 Å². The summed E-state index contributed by atoms with van der Waals surface area (Å²) < 4.78 is 65.7. The average Bonchev–Trinajstić information content (AvgIpc) is 3.21. The molecule has 4 rings (SSSR count). The first-order valence-electron chi connectivity index (χ1n) is 9.25. The summed E-state index contributed by atoms with van der Waals surface area (Å²) in [6.07, 6.45) is -4.55. The van der Waals surface area contributed by atoms with Gasteiger partial charge in [0.05, 0.1) is 22.7 Å². The summed E-state index contributed by atoms with van der Waals surface area (Å²) >= 11 is 5.97. The molecule has 0 aliphatic carbocycles. The predicted molar refractivity (Wildman–Crippen MR) is 113 cm³/mol. The highest BCUT2D eigenvalue weighted by Crippen LogP contribution is 2.34. The van der Waals surface area contributed by atoms with Crippen molar-refractivity contribution in [3.05, 3.63) is 101 Å². The normalized spacial score (nSPS) is 17.0. The van der Waals surface area contributed by atoms with Crippen LogP contribution in [0.2, 0.25) is 5.02 Å². The second-order valence-electron chi connectivity index (χ2n) is 6.99. The van der Waals surface area contributed by atoms with Crippen LogP contribution < -0.4 is 0 Å². The van der Waals surface area contributed by atoms with Crippen molar-refractivity contribution in [3.63, 3.8) is 0 Å². The molecule has 0 fully saturated rings. The smallest absolute Gasteiger partial charge is 0.200 e. The standard InChI is InChI=1S/C22H16ClF3N2O2S/c23-18-10-6-16(7-11-18)21-20(15-4-2-1-3-5-15)14-28(27-21)31(29,30)19-12-8-17(9-13-19)22(24,25)26/h1-13,20H,14H2/t20-/m0/s1. The molecule has 31 heavy (non-hydrogen) atoms. The van der Waals surface area contributed by atoms with E-state index in [0.29, 0.717) is 16.3 Å². The zero-order valence-electron chi connectivity index (χ0n) is 15.9. The summed E-state index contributed by atoms with van der Waals surface area (Å²) in [5.74, 6) is -0.341. The topological polar surface area (TPSA) is 49.7 Å². The van der Waals surface area contributed by atoms with Gasteiger partial charge in [-0.15, -0.1) is 0 Å². The number of hydrazone groups is 1. The fraction of sp³-hybridized carbons (Fsp3) is 0.136. The Morgan fingerprint density at radius 1 is 0.903 bits per heavy atom. The van der Waals surface area contributed by atoms with Crippen molar-refractivity contribution in [1.82, 2.24) is 4.41 Å². The highest BCUT2D eigenvalue weighted by molar-refractivity contribution is 7.89. The molecule has 1 heterocycles. The number of benzene rings is 3. The van der Waals surface area contributed by atoms with Crippen LogP contribution >= 0.6 is 11.6 Å². The number of alkyl halides is 3. The molecule has 0 amide bonds. The summed E-state index contributed by atoms with van der Waals surface area (Å²) in [5.41, 5.74) is 1.21. The zero-order chi connectivity index (χ0) is 22.2. The number of hydrogen-bond donors (Lipinski definition) is 0. The Kier molecular flexibility index (Phi) is 5.53. The first-order chi connectivity index (χ1) is 14.7. The third-order valence-electron chi connectivity index (χ3n) is 4.99. The monoisotopic (exact) mass is 464 g/mol. The minimum absolute atomic E-state index is 0.0331. The Labute approximate surface area is 182 Å². The Morgan fingerprint density at radius 2 is 1.52 bits per heavy atom. The average molecular weight is 465 g/mol. The third-order valence-corrected chi connectivity index (χ3v) is 6.89. The van der Waals surface area contributed by atoms with Gasteiger partial charge in [0.15, 0.2) is 0 Å². The molecule has 0 unspecified atom stereocenters. The van der Waals surface area contributed by atoms with Gasteiger partial charge in [-0.3, -0.25) is 0 Å². The zero-order valence-corrected chi connectivity index (χ0v) is 17.5. The highest BCUT2D eigenvalue weighted by Gasteiger charge is 2.37. The van der Waals surface area contributed by atoms with E-state index in [2.05, 4.69) is 5.10 Å². The van der Waals surface area contributed by atoms with Crippen LogP contribution in [-0.4, -0.2) is 25.1 Å². The van der Waals surface area contributed by atoms with Crippen LogP contribution in [0.1, 0.15) is 22.6 Å². The fourth-order valence-electron chi connectivity index (χ4n) is 3.39. The maximum absolute atomic E-state index is 13.1. The summed E-state index contributed by atoms with van der Waals surface area (Å²) in [7, 11) is -4.14. The molecule has 0 N–H and O–H groups in total. The van der Waals surface area contributed by atoms with Crippen molar-refractivity contribution in [3.8, 4) is 0 Å². The van der Waals surface area contributed by atoms with Gasteiger partial charge in [0.2, 0.25) is 0 Å². The van der Waals surface area contributed by atoms with Crippen LogP contribution in [0.4, 0.5) is 13.2 Å². The molecule has 160 valence electrons. The van der Waals surface area contributed by atoms with Crippen molar-refractivity contribution in [1.29, 1.82) is 0 Å². The van der Waals surface area contributed by atoms with Crippen LogP contribution in [-0.2, 0) is 16.2 Å². The van der Waals surface area contributed by atoms with Crippen molar-refractivity contribution in [2.45, 2.75) is 17.0 Å². The molecule has 0 saturated carbocycles. The molecule has 4 nitrogen and oxygen atoms in total. The van der Waals surface area contributed by atoms with Crippen LogP contribution in [0.15, 0.2) is 88.9 Å². The summed E-state index contributed by atoms with van der Waals surface area (Å²) in [4.78, 5) is -0.256. The third kappa shape index (κ3) is 4.31. The molecule has 0 saturated heterocycles. The van der Waals surface area contributed by atoms with Crippen LogP contribution in [0.25, 0.3) is 0 Å². The molecule has 3 aromatic rings. The number of sulfonamides is 1. The lowest BCUT2D eigenvalue weighted by Gasteiger charge is -2.17. The first-order valence-corrected chi connectivity index (χ1v) is 11.1. The predicted octanol–water partition coefficient (Wildman–Crippen LogP) is 5.55. The lowest BCUT2D eigenvalue weighted by atomic mass is 9.91. The molecule has 1 aliphatic heterocycles. The van der Waals surface area contributed by atoms with Crippen molar-refractivity contribution >= 4 is 27.3 Å². The van der Waals surface area contributed by atoms with E-state index in [9.17, 15) is 21.6 Å². The number of rotatable bonds is 4. The van der Waals surface area contributed by atoms with E-state index in [1.165, 1.54) is 0 Å². The minimum Gasteiger partial charge on any atom is -0.200 e. The van der Waals surface area contributed by atoms with E-state index in [-0.39, 0.29) is 17.4 Å². The summed E-state index contributed by atoms with van der Waals surface area (Å²) in [6, 6.07) is 19.6. The molecule has 9 heteroatoms. The molecular weight excluding hydrogens is 449 g/mol. The molecule has 0 aromatic heterocycles. The van der Waals surface area contributed by atoms with Crippen molar-refractivity contribution in [2.24, 2.45) is 5.10 Å². The highest BCUT2D eigenvalue weighted by atomic mass is 35.5. The van der Waals surface area contributed by atoms with Gasteiger partial charge < -0.3 is 0 Å². The van der Waals surface area contributed by atoms with Gasteiger partial charge in [-0.2, -0.15) is 31.1 Å². The van der Waals surface area contributed by atoms with Crippen LogP contribution in [0, 0.1) is 0 Å². The van der Waals surface area contributed by atoms with E-state index in [0.717, 1.165) is 34.2 Å². The Balaban J connectivity index is 1.73. The molecule has 1 aliphatic rings. The molecular formula is C22H16ClF3N2O2S. The van der Waals surface area contributed by atoms with Gasteiger partial charge >= 0.3 is 6.18 Å². The lowest BCUT2D eigenvalue weighted by molar-refractivity contribution is -0.137. The van der Waals surface area contributed by atoms with Crippen LogP contribution in [0.3, 0.4) is 0 Å². The van der Waals surface area contributed by atoms with Gasteiger partial charge in [0.25, 0.3) is 10.0 Å². The van der Waals surface area contributed by atoms with E-state index < -0.39 is 21.8 Å². The maximum Gasteiger partial charge on any atom is 0.416 e. The largest absolute Gasteiger partial charge is 0.416 e. The molecule has 0 spiro atoms. The quantitative estimate of drug-likeness (QED) is 0.508. The second-order valence-corrected chi connectivity index (χ2v) is 9.27. The van der Waals surface area contributed by atoms with Crippen molar-refractivity contribution in [2.75, 3.05) is 6.54 Å². The van der Waals surface area contributed by atoms with Gasteiger partial charge in [0.1, 0.15) is 0 Å². The lowest BCUT2D eigenvalue weighted by Crippen LogP contribution is -2.26. The number of nitrogens with zero attached hydrogens (tertiary/aromatic N) is 2. The van der Waals surface area contributed by atoms with Crippen molar-refractivity contribution < 1.29 is 21.6 Å². The molecule has 0 bridgehead atoms. The van der Waals surface area contributed by atoms with Gasteiger partial charge in [0, 0.05) is 10.9 Å². The molecule has 1 atom stereocenters. The Hall–Kier alpha value is -2.84. The SMILES string of the molecule is O=S(=O)(c1ccc(C(F)(F)F)cc1)N1C[C@@H](c2ccccc2)C(c2ccc(Cl)cc2)=N1. The number of halogens is 4. The van der Waals surface area contributed by atoms with Gasteiger partial charge in [-0.1, -0.05) is 54.1 Å². The molecule has 3 aromatic carbocycles. The number of hydrogen-bond acceptors (Lipinski definition) is 3. The Bertz CT molecular complexity index is 1210. The van der Waals surface area contributed by atoms with E-state index in [4.69, 9.17) is 11.6 Å². The Morgan fingerprint density at radius 3 is 2.10 bits per heavy atom. The van der Waals surface area contributed by atoms with E-state index in [1.54, 1.807) is 24.3 Å². The minimum atomic E-state index is -4.55. The fourth-order valence-corrected chi connectivity index (χ4v) is 4.78.